The van der Waals surface area contributed by atoms with Crippen molar-refractivity contribution in [1.29, 1.82) is 0 Å². The molecule has 0 aromatic heterocycles. The Morgan fingerprint density at radius 3 is 2.64 bits per heavy atom. The molecule has 0 amide bonds. The Labute approximate surface area is 78.6 Å². The van der Waals surface area contributed by atoms with Gasteiger partial charge in [-0.25, -0.2) is 0 Å². The summed E-state index contributed by atoms with van der Waals surface area (Å²) < 4.78 is 6.04. The van der Waals surface area contributed by atoms with Crippen LogP contribution < -0.4 is 15.5 Å². The molecule has 1 aromatic carbocycles. The molecule has 0 bridgehead atoms. The smallest absolute Gasteiger partial charge is 0.189 e. The maximum absolute atomic E-state index is 5.01. The molecule has 4 heteroatoms. The first kappa shape index (κ1) is 8.61. The topological polar surface area (TPSA) is 44.5 Å². The Morgan fingerprint density at radius 1 is 1.36 bits per heavy atom. The summed E-state index contributed by atoms with van der Waals surface area (Å²) in [6, 6.07) is 5.53. The minimum atomic E-state index is 0.555. The maximum Gasteiger partial charge on any atom is 0.189 e. The van der Waals surface area contributed by atoms with Crippen molar-refractivity contribution in [2.24, 2.45) is 5.90 Å². The lowest BCUT2D eigenvalue weighted by Crippen LogP contribution is -2.03. The molecule has 1 rings (SSSR count). The van der Waals surface area contributed by atoms with Crippen LogP contribution in [0.3, 0.4) is 0 Å². The van der Waals surface area contributed by atoms with Gasteiger partial charge in [-0.05, 0) is 40.8 Å². The molecule has 0 fully saturated rings. The van der Waals surface area contributed by atoms with Crippen LogP contribution in [-0.2, 0) is 0 Å². The fourth-order valence-corrected chi connectivity index (χ4v) is 1.21. The monoisotopic (exact) mass is 265 g/mol. The lowest BCUT2D eigenvalue weighted by molar-refractivity contribution is 0.305. The van der Waals surface area contributed by atoms with Crippen molar-refractivity contribution in [2.45, 2.75) is 0 Å². The van der Waals surface area contributed by atoms with Gasteiger partial charge in [-0.2, -0.15) is 5.90 Å². The van der Waals surface area contributed by atoms with E-state index in [-0.39, 0.29) is 0 Å². The molecule has 0 aliphatic heterocycles. The highest BCUT2D eigenvalue weighted by atomic mass is 127. The highest BCUT2D eigenvalue weighted by Crippen LogP contribution is 2.27. The molecule has 0 atom stereocenters. The van der Waals surface area contributed by atoms with E-state index in [1.165, 1.54) is 0 Å². The summed E-state index contributed by atoms with van der Waals surface area (Å²) in [5.74, 6) is 6.21. The molecule has 0 heterocycles. The minimum absolute atomic E-state index is 0.555. The van der Waals surface area contributed by atoms with Gasteiger partial charge in [-0.1, -0.05) is 0 Å². The summed E-state index contributed by atoms with van der Waals surface area (Å²) >= 11 is 2.17. The average Bonchev–Trinajstić information content (AvgIpc) is 2.04. The number of benzene rings is 1. The molecule has 0 saturated carbocycles. The van der Waals surface area contributed by atoms with Crippen molar-refractivity contribution in [1.82, 2.24) is 0 Å². The first-order chi connectivity index (χ1) is 5.27. The maximum atomic E-state index is 5.01. The zero-order valence-electron chi connectivity index (χ0n) is 6.00. The van der Waals surface area contributed by atoms with Gasteiger partial charge >= 0.3 is 0 Å². The van der Waals surface area contributed by atoms with Gasteiger partial charge in [0, 0.05) is 3.57 Å². The molecular weight excluding hydrogens is 257 g/mol. The van der Waals surface area contributed by atoms with Crippen LogP contribution in [0, 0.1) is 3.57 Å². The van der Waals surface area contributed by atoms with Crippen molar-refractivity contribution in [3.63, 3.8) is 0 Å². The van der Waals surface area contributed by atoms with Gasteiger partial charge in [0.05, 0.1) is 7.11 Å². The number of halogens is 1. The molecule has 0 saturated heterocycles. The summed E-state index contributed by atoms with van der Waals surface area (Å²) in [4.78, 5) is 4.59. The Bertz CT molecular complexity index is 252. The van der Waals surface area contributed by atoms with Crippen molar-refractivity contribution < 1.29 is 9.57 Å². The van der Waals surface area contributed by atoms with Crippen LogP contribution >= 0.6 is 22.6 Å². The van der Waals surface area contributed by atoms with Gasteiger partial charge in [-0.3, -0.25) is 0 Å². The van der Waals surface area contributed by atoms with Gasteiger partial charge in [0.15, 0.2) is 11.5 Å². The fourth-order valence-electron chi connectivity index (χ4n) is 0.743. The molecule has 0 aliphatic rings. The molecule has 11 heavy (non-hydrogen) atoms. The quantitative estimate of drug-likeness (QED) is 0.651. The third-order valence-electron chi connectivity index (χ3n) is 1.25. The molecule has 0 radical (unpaired) electrons. The lowest BCUT2D eigenvalue weighted by atomic mass is 10.3. The van der Waals surface area contributed by atoms with Crippen LogP contribution in [0.25, 0.3) is 0 Å². The predicted octanol–water partition coefficient (Wildman–Crippen LogP) is 1.55. The van der Waals surface area contributed by atoms with Crippen molar-refractivity contribution >= 4 is 22.6 Å². The van der Waals surface area contributed by atoms with E-state index < -0.39 is 0 Å². The normalized spacial score (nSPS) is 9.36. The van der Waals surface area contributed by atoms with Gasteiger partial charge < -0.3 is 9.57 Å². The number of hydrogen-bond acceptors (Lipinski definition) is 3. The van der Waals surface area contributed by atoms with Crippen LogP contribution in [0.4, 0.5) is 0 Å². The van der Waals surface area contributed by atoms with E-state index in [1.54, 1.807) is 13.2 Å². The first-order valence-corrected chi connectivity index (χ1v) is 4.06. The Morgan fingerprint density at radius 2 is 2.09 bits per heavy atom. The number of rotatable bonds is 2. The standard InChI is InChI=1S/C7H8INO2/c1-10-6-3-2-5(8)4-7(6)11-9/h2-4H,9H2,1H3. The molecule has 3 nitrogen and oxygen atoms in total. The average molecular weight is 265 g/mol. The van der Waals surface area contributed by atoms with Crippen LogP contribution in [0.5, 0.6) is 11.5 Å². The third kappa shape index (κ3) is 1.97. The van der Waals surface area contributed by atoms with Crippen molar-refractivity contribution in [2.75, 3.05) is 7.11 Å². The van der Waals surface area contributed by atoms with Crippen LogP contribution in [0.15, 0.2) is 18.2 Å². The minimum Gasteiger partial charge on any atom is -0.493 e. The number of nitrogens with two attached hydrogens (primary N) is 1. The summed E-state index contributed by atoms with van der Waals surface area (Å²) in [5, 5.41) is 0. The zero-order chi connectivity index (χ0) is 8.27. The van der Waals surface area contributed by atoms with Crippen LogP contribution in [-0.4, -0.2) is 7.11 Å². The molecular formula is C7H8INO2. The molecule has 1 aromatic rings. The van der Waals surface area contributed by atoms with Crippen molar-refractivity contribution in [3.05, 3.63) is 21.8 Å². The second-order valence-electron chi connectivity index (χ2n) is 1.91. The van der Waals surface area contributed by atoms with E-state index in [4.69, 9.17) is 10.6 Å². The van der Waals surface area contributed by atoms with Gasteiger partial charge in [-0.15, -0.1) is 0 Å². The molecule has 0 aliphatic carbocycles. The molecule has 0 unspecified atom stereocenters. The zero-order valence-corrected chi connectivity index (χ0v) is 8.16. The number of methoxy groups -OCH3 is 1. The highest BCUT2D eigenvalue weighted by molar-refractivity contribution is 14.1. The SMILES string of the molecule is COc1ccc(I)cc1ON. The first-order valence-electron chi connectivity index (χ1n) is 2.98. The van der Waals surface area contributed by atoms with E-state index in [1.807, 2.05) is 12.1 Å². The predicted molar refractivity (Wildman–Crippen MR) is 50.5 cm³/mol. The summed E-state index contributed by atoms with van der Waals surface area (Å²) in [6.07, 6.45) is 0. The summed E-state index contributed by atoms with van der Waals surface area (Å²) in [6.45, 7) is 0. The fraction of sp³-hybridized carbons (Fsp3) is 0.143. The summed E-state index contributed by atoms with van der Waals surface area (Å²) in [5.41, 5.74) is 0. The van der Waals surface area contributed by atoms with Gasteiger partial charge in [0.2, 0.25) is 0 Å². The van der Waals surface area contributed by atoms with E-state index >= 15 is 0 Å². The van der Waals surface area contributed by atoms with E-state index in [2.05, 4.69) is 27.4 Å². The van der Waals surface area contributed by atoms with Crippen LogP contribution in [0.2, 0.25) is 0 Å². The second kappa shape index (κ2) is 3.77. The largest absolute Gasteiger partial charge is 0.493 e. The number of ether oxygens (including phenoxy) is 1. The Kier molecular flexibility index (Phi) is 2.95. The number of hydrogen-bond donors (Lipinski definition) is 1. The Balaban J connectivity index is 3.06. The lowest BCUT2D eigenvalue weighted by Gasteiger charge is -2.05. The van der Waals surface area contributed by atoms with Gasteiger partial charge in [0.1, 0.15) is 0 Å². The van der Waals surface area contributed by atoms with E-state index in [0.29, 0.717) is 11.5 Å². The Hall–Kier alpha value is -0.490. The second-order valence-corrected chi connectivity index (χ2v) is 3.16. The molecule has 0 spiro atoms. The highest BCUT2D eigenvalue weighted by Gasteiger charge is 2.02. The summed E-state index contributed by atoms with van der Waals surface area (Å²) in [7, 11) is 1.57. The van der Waals surface area contributed by atoms with E-state index in [9.17, 15) is 0 Å². The van der Waals surface area contributed by atoms with E-state index in [0.717, 1.165) is 3.57 Å². The molecule has 2 N–H and O–H groups in total. The molecule has 60 valence electrons. The van der Waals surface area contributed by atoms with Crippen molar-refractivity contribution in [3.8, 4) is 11.5 Å². The van der Waals surface area contributed by atoms with Gasteiger partial charge in [0.25, 0.3) is 0 Å². The third-order valence-corrected chi connectivity index (χ3v) is 1.92. The van der Waals surface area contributed by atoms with Crippen LogP contribution in [0.1, 0.15) is 0 Å².